The van der Waals surface area contributed by atoms with E-state index in [2.05, 4.69) is 4.98 Å². The standard InChI is InChI=1S/C19H19N3O2/c1-9-7-8-13(23)11(3)14(9)15-12-6-4-5-10(2)17(12)22-18(16(15)20)19(21)24/h4-8,23H,20H2,1-3H3,(H2,21,24). The van der Waals surface area contributed by atoms with Crippen molar-refractivity contribution in [1.82, 2.24) is 4.98 Å². The molecule has 0 spiro atoms. The molecular formula is C19H19N3O2. The molecule has 3 aromatic rings. The zero-order valence-corrected chi connectivity index (χ0v) is 13.8. The van der Waals surface area contributed by atoms with Crippen LogP contribution in [0.25, 0.3) is 22.0 Å². The van der Waals surface area contributed by atoms with Crippen LogP contribution in [0.5, 0.6) is 5.75 Å². The lowest BCUT2D eigenvalue weighted by atomic mass is 9.90. The second-order valence-corrected chi connectivity index (χ2v) is 5.99. The maximum Gasteiger partial charge on any atom is 0.269 e. The Morgan fingerprint density at radius 2 is 1.75 bits per heavy atom. The summed E-state index contributed by atoms with van der Waals surface area (Å²) in [7, 11) is 0. The number of anilines is 1. The number of hydrogen-bond acceptors (Lipinski definition) is 4. The molecule has 0 aliphatic heterocycles. The number of nitrogen functional groups attached to an aromatic ring is 1. The number of rotatable bonds is 2. The predicted molar refractivity (Wildman–Crippen MR) is 96.0 cm³/mol. The van der Waals surface area contributed by atoms with Crippen LogP contribution in [-0.2, 0) is 0 Å². The highest BCUT2D eigenvalue weighted by Crippen LogP contribution is 2.41. The first-order valence-corrected chi connectivity index (χ1v) is 7.61. The van der Waals surface area contributed by atoms with Crippen molar-refractivity contribution in [3.8, 4) is 16.9 Å². The van der Waals surface area contributed by atoms with E-state index in [9.17, 15) is 9.90 Å². The Labute approximate surface area is 139 Å². The average Bonchev–Trinajstić information content (AvgIpc) is 2.53. The van der Waals surface area contributed by atoms with Gasteiger partial charge >= 0.3 is 0 Å². The number of carbonyl (C=O) groups is 1. The fraction of sp³-hybridized carbons (Fsp3) is 0.158. The first kappa shape index (κ1) is 15.8. The van der Waals surface area contributed by atoms with Crippen LogP contribution >= 0.6 is 0 Å². The van der Waals surface area contributed by atoms with Gasteiger partial charge in [-0.05, 0) is 49.1 Å². The van der Waals surface area contributed by atoms with E-state index in [0.717, 1.165) is 22.1 Å². The van der Waals surface area contributed by atoms with Gasteiger partial charge in [0, 0.05) is 10.9 Å². The van der Waals surface area contributed by atoms with Crippen LogP contribution in [-0.4, -0.2) is 16.0 Å². The lowest BCUT2D eigenvalue weighted by Crippen LogP contribution is -2.17. The minimum atomic E-state index is -0.672. The number of para-hydroxylation sites is 1. The van der Waals surface area contributed by atoms with Crippen molar-refractivity contribution in [2.24, 2.45) is 5.73 Å². The predicted octanol–water partition coefficient (Wildman–Crippen LogP) is 3.21. The first-order chi connectivity index (χ1) is 11.3. The maximum absolute atomic E-state index is 11.8. The van der Waals surface area contributed by atoms with Gasteiger partial charge in [-0.3, -0.25) is 4.79 Å². The highest BCUT2D eigenvalue weighted by molar-refractivity contribution is 6.10. The summed E-state index contributed by atoms with van der Waals surface area (Å²) < 4.78 is 0. The van der Waals surface area contributed by atoms with E-state index < -0.39 is 5.91 Å². The van der Waals surface area contributed by atoms with Gasteiger partial charge in [-0.1, -0.05) is 24.3 Å². The number of aromatic hydroxyl groups is 1. The third-order valence-electron chi connectivity index (χ3n) is 4.38. The molecule has 0 unspecified atom stereocenters. The Kier molecular flexibility index (Phi) is 3.64. The number of carbonyl (C=O) groups excluding carboxylic acids is 1. The number of aryl methyl sites for hydroxylation is 2. The minimum absolute atomic E-state index is 0.0499. The quantitative estimate of drug-likeness (QED) is 0.674. The largest absolute Gasteiger partial charge is 0.508 e. The number of aromatic nitrogens is 1. The maximum atomic E-state index is 11.8. The van der Waals surface area contributed by atoms with Gasteiger partial charge in [0.25, 0.3) is 5.91 Å². The molecule has 24 heavy (non-hydrogen) atoms. The van der Waals surface area contributed by atoms with Crippen LogP contribution in [0.1, 0.15) is 27.2 Å². The van der Waals surface area contributed by atoms with Gasteiger partial charge in [0.05, 0.1) is 11.2 Å². The van der Waals surface area contributed by atoms with Crippen LogP contribution in [0.15, 0.2) is 30.3 Å². The van der Waals surface area contributed by atoms with Crippen LogP contribution in [0, 0.1) is 20.8 Å². The molecule has 1 amide bonds. The Bertz CT molecular complexity index is 994. The molecule has 122 valence electrons. The third kappa shape index (κ3) is 2.25. The number of benzene rings is 2. The van der Waals surface area contributed by atoms with E-state index >= 15 is 0 Å². The number of nitrogens with zero attached hydrogens (tertiary/aromatic N) is 1. The normalized spacial score (nSPS) is 11.0. The lowest BCUT2D eigenvalue weighted by molar-refractivity contribution is 0.0997. The number of primary amides is 1. The van der Waals surface area contributed by atoms with Gasteiger partial charge < -0.3 is 16.6 Å². The number of phenols is 1. The molecule has 0 saturated carbocycles. The molecule has 0 fully saturated rings. The summed E-state index contributed by atoms with van der Waals surface area (Å²) in [4.78, 5) is 16.2. The molecule has 0 aliphatic carbocycles. The van der Waals surface area contributed by atoms with Crippen LogP contribution in [0.4, 0.5) is 5.69 Å². The summed E-state index contributed by atoms with van der Waals surface area (Å²) in [5.41, 5.74) is 16.8. The van der Waals surface area contributed by atoms with Crippen molar-refractivity contribution < 1.29 is 9.90 Å². The summed E-state index contributed by atoms with van der Waals surface area (Å²) in [5.74, 6) is -0.498. The average molecular weight is 321 g/mol. The number of fused-ring (bicyclic) bond motifs is 1. The van der Waals surface area contributed by atoms with E-state index in [4.69, 9.17) is 11.5 Å². The number of nitrogens with two attached hydrogens (primary N) is 2. The summed E-state index contributed by atoms with van der Waals surface area (Å²) in [5, 5.41) is 11.0. The Hall–Kier alpha value is -3.08. The minimum Gasteiger partial charge on any atom is -0.508 e. The monoisotopic (exact) mass is 321 g/mol. The van der Waals surface area contributed by atoms with Crippen molar-refractivity contribution in [1.29, 1.82) is 0 Å². The SMILES string of the molecule is Cc1ccc(O)c(C)c1-c1c(N)c(C(N)=O)nc2c(C)cccc12. The van der Waals surface area contributed by atoms with E-state index in [-0.39, 0.29) is 17.1 Å². The fourth-order valence-corrected chi connectivity index (χ4v) is 3.12. The molecule has 0 saturated heterocycles. The molecule has 3 rings (SSSR count). The number of amides is 1. The van der Waals surface area contributed by atoms with Crippen molar-refractivity contribution >= 4 is 22.5 Å². The van der Waals surface area contributed by atoms with Crippen molar-refractivity contribution in [3.63, 3.8) is 0 Å². The molecule has 0 aliphatic rings. The summed E-state index contributed by atoms with van der Waals surface area (Å²) in [6.45, 7) is 5.68. The molecule has 1 aromatic heterocycles. The Balaban J connectivity index is 2.57. The number of phenolic OH excluding ortho intramolecular Hbond substituents is 1. The van der Waals surface area contributed by atoms with Crippen molar-refractivity contribution in [2.45, 2.75) is 20.8 Å². The van der Waals surface area contributed by atoms with Crippen LogP contribution in [0.2, 0.25) is 0 Å². The summed E-state index contributed by atoms with van der Waals surface area (Å²) in [6.07, 6.45) is 0. The van der Waals surface area contributed by atoms with E-state index in [1.807, 2.05) is 45.0 Å². The van der Waals surface area contributed by atoms with Gasteiger partial charge in [0.1, 0.15) is 5.75 Å². The van der Waals surface area contributed by atoms with Gasteiger partial charge in [0.15, 0.2) is 5.69 Å². The zero-order valence-electron chi connectivity index (χ0n) is 13.8. The molecule has 5 heteroatoms. The lowest BCUT2D eigenvalue weighted by Gasteiger charge is -2.18. The highest BCUT2D eigenvalue weighted by atomic mass is 16.3. The number of hydrogen-bond donors (Lipinski definition) is 3. The molecule has 1 heterocycles. The Morgan fingerprint density at radius 1 is 1.04 bits per heavy atom. The molecular weight excluding hydrogens is 302 g/mol. The highest BCUT2D eigenvalue weighted by Gasteiger charge is 2.21. The van der Waals surface area contributed by atoms with Crippen molar-refractivity contribution in [3.05, 3.63) is 52.7 Å². The van der Waals surface area contributed by atoms with Gasteiger partial charge in [-0.2, -0.15) is 0 Å². The van der Waals surface area contributed by atoms with Crippen LogP contribution < -0.4 is 11.5 Å². The molecule has 2 aromatic carbocycles. The third-order valence-corrected chi connectivity index (χ3v) is 4.38. The molecule has 0 atom stereocenters. The molecule has 0 radical (unpaired) electrons. The molecule has 5 N–H and O–H groups in total. The molecule has 0 bridgehead atoms. The number of pyridine rings is 1. The topological polar surface area (TPSA) is 102 Å². The van der Waals surface area contributed by atoms with Gasteiger partial charge in [-0.25, -0.2) is 4.98 Å². The molecule has 5 nitrogen and oxygen atoms in total. The second kappa shape index (κ2) is 5.53. The fourth-order valence-electron chi connectivity index (χ4n) is 3.12. The van der Waals surface area contributed by atoms with Crippen molar-refractivity contribution in [2.75, 3.05) is 5.73 Å². The van der Waals surface area contributed by atoms with E-state index in [1.54, 1.807) is 6.07 Å². The Morgan fingerprint density at radius 3 is 2.42 bits per heavy atom. The van der Waals surface area contributed by atoms with Gasteiger partial charge in [0.2, 0.25) is 0 Å². The van der Waals surface area contributed by atoms with Crippen LogP contribution in [0.3, 0.4) is 0 Å². The summed E-state index contributed by atoms with van der Waals surface area (Å²) in [6, 6.07) is 9.22. The van der Waals surface area contributed by atoms with E-state index in [0.29, 0.717) is 16.6 Å². The second-order valence-electron chi connectivity index (χ2n) is 5.99. The first-order valence-electron chi connectivity index (χ1n) is 7.61. The zero-order chi connectivity index (χ0) is 17.6. The summed E-state index contributed by atoms with van der Waals surface area (Å²) >= 11 is 0. The van der Waals surface area contributed by atoms with E-state index in [1.165, 1.54) is 0 Å². The van der Waals surface area contributed by atoms with Gasteiger partial charge in [-0.15, -0.1) is 0 Å². The smallest absolute Gasteiger partial charge is 0.269 e.